The Hall–Kier alpha value is -1.88. The Bertz CT molecular complexity index is 466. The van der Waals surface area contributed by atoms with Gasteiger partial charge < -0.3 is 0 Å². The highest BCUT2D eigenvalue weighted by atomic mass is 16.1. The van der Waals surface area contributed by atoms with E-state index in [1.807, 2.05) is 13.0 Å². The van der Waals surface area contributed by atoms with Crippen LogP contribution in [0.4, 0.5) is 0 Å². The van der Waals surface area contributed by atoms with Crippen LogP contribution in [0, 0.1) is 12.3 Å². The predicted octanol–water partition coefficient (Wildman–Crippen LogP) is 0.108. The van der Waals surface area contributed by atoms with E-state index in [4.69, 9.17) is 6.42 Å². The van der Waals surface area contributed by atoms with Gasteiger partial charge in [-0.1, -0.05) is 12.0 Å². The van der Waals surface area contributed by atoms with Crippen LogP contribution in [-0.2, 0) is 0 Å². The minimum Gasteiger partial charge on any atom is -0.298 e. The zero-order valence-corrected chi connectivity index (χ0v) is 7.32. The van der Waals surface area contributed by atoms with Crippen molar-refractivity contribution in [3.05, 3.63) is 28.4 Å². The van der Waals surface area contributed by atoms with Crippen LogP contribution in [0.5, 0.6) is 0 Å². The Labute approximate surface area is 76.6 Å². The Morgan fingerprint density at radius 1 is 1.62 bits per heavy atom. The first-order valence-electron chi connectivity index (χ1n) is 3.86. The molecule has 0 N–H and O–H groups in total. The van der Waals surface area contributed by atoms with Crippen molar-refractivity contribution in [3.63, 3.8) is 0 Å². The van der Waals surface area contributed by atoms with Crippen molar-refractivity contribution in [3.8, 4) is 12.3 Å². The highest BCUT2D eigenvalue weighted by Crippen LogP contribution is 1.79. The van der Waals surface area contributed by atoms with Gasteiger partial charge in [0.05, 0.1) is 5.35 Å². The van der Waals surface area contributed by atoms with Crippen molar-refractivity contribution in [2.75, 3.05) is 0 Å². The van der Waals surface area contributed by atoms with Gasteiger partial charge in [-0.15, -0.1) is 6.42 Å². The molecule has 0 unspecified atom stereocenters. The highest BCUT2D eigenvalue weighted by Gasteiger charge is 1.93. The Kier molecular flexibility index (Phi) is 2.99. The summed E-state index contributed by atoms with van der Waals surface area (Å²) in [6, 6.07) is 1.66. The lowest BCUT2D eigenvalue weighted by atomic mass is 10.2. The lowest BCUT2D eigenvalue weighted by molar-refractivity contribution is 0.112. The summed E-state index contributed by atoms with van der Waals surface area (Å²) in [5, 5.41) is 1.45. The molecule has 13 heavy (non-hydrogen) atoms. The Morgan fingerprint density at radius 2 is 2.38 bits per heavy atom. The van der Waals surface area contributed by atoms with E-state index >= 15 is 0 Å². The number of pyridine rings is 1. The molecular formula is C11H9NO. The average Bonchev–Trinajstić information content (AvgIpc) is 2.18. The summed E-state index contributed by atoms with van der Waals surface area (Å²) in [5.74, 6) is 2.39. The molecule has 1 rings (SSSR count). The third kappa shape index (κ3) is 1.83. The third-order valence-electron chi connectivity index (χ3n) is 1.69. The molecule has 0 amide bonds. The first kappa shape index (κ1) is 9.21. The van der Waals surface area contributed by atoms with Crippen LogP contribution in [0.1, 0.15) is 17.3 Å². The topological polar surface area (TPSA) is 30.0 Å². The third-order valence-corrected chi connectivity index (χ3v) is 1.69. The molecule has 0 aliphatic heterocycles. The maximum absolute atomic E-state index is 10.6. The van der Waals surface area contributed by atoms with Crippen molar-refractivity contribution in [1.82, 2.24) is 4.98 Å². The number of terminal acetylenes is 1. The summed E-state index contributed by atoms with van der Waals surface area (Å²) in [5.41, 5.74) is 0.610. The predicted molar refractivity (Wildman–Crippen MR) is 52.3 cm³/mol. The van der Waals surface area contributed by atoms with E-state index in [-0.39, 0.29) is 0 Å². The normalized spacial score (nSPS) is 12.6. The van der Waals surface area contributed by atoms with Crippen molar-refractivity contribution in [1.29, 1.82) is 0 Å². The number of hydrogen-bond acceptors (Lipinski definition) is 2. The van der Waals surface area contributed by atoms with E-state index < -0.39 is 0 Å². The molecule has 0 aliphatic rings. The first-order valence-corrected chi connectivity index (χ1v) is 3.86. The molecule has 0 aromatic carbocycles. The van der Waals surface area contributed by atoms with Crippen molar-refractivity contribution in [2.45, 2.75) is 6.92 Å². The Morgan fingerprint density at radius 3 is 2.92 bits per heavy atom. The SMILES string of the molecule is C#C/C=c1/nccc(C=O)/c1=C/C. The van der Waals surface area contributed by atoms with E-state index in [2.05, 4.69) is 10.9 Å². The maximum Gasteiger partial charge on any atom is 0.150 e. The second kappa shape index (κ2) is 4.22. The number of carbonyl (C=O) groups is 1. The van der Waals surface area contributed by atoms with E-state index in [1.54, 1.807) is 18.3 Å². The van der Waals surface area contributed by atoms with Crippen LogP contribution in [0.15, 0.2) is 12.3 Å². The van der Waals surface area contributed by atoms with E-state index in [0.29, 0.717) is 10.9 Å². The summed E-state index contributed by atoms with van der Waals surface area (Å²) >= 11 is 0. The van der Waals surface area contributed by atoms with Gasteiger partial charge in [0.1, 0.15) is 0 Å². The molecule has 0 saturated carbocycles. The maximum atomic E-state index is 10.6. The van der Waals surface area contributed by atoms with Crippen LogP contribution in [0.2, 0.25) is 0 Å². The lowest BCUT2D eigenvalue weighted by Gasteiger charge is -1.91. The molecule has 1 aromatic heterocycles. The van der Waals surface area contributed by atoms with Crippen LogP contribution in [0.25, 0.3) is 12.2 Å². The van der Waals surface area contributed by atoms with Gasteiger partial charge in [-0.2, -0.15) is 0 Å². The largest absolute Gasteiger partial charge is 0.298 e. The fourth-order valence-corrected chi connectivity index (χ4v) is 1.12. The van der Waals surface area contributed by atoms with Crippen molar-refractivity contribution in [2.24, 2.45) is 0 Å². The molecule has 2 heteroatoms. The minimum absolute atomic E-state index is 0.610. The second-order valence-electron chi connectivity index (χ2n) is 2.42. The molecule has 2 nitrogen and oxygen atoms in total. The van der Waals surface area contributed by atoms with Crippen LogP contribution in [-0.4, -0.2) is 11.3 Å². The molecule has 1 heterocycles. The van der Waals surface area contributed by atoms with Crippen LogP contribution < -0.4 is 10.6 Å². The van der Waals surface area contributed by atoms with Gasteiger partial charge in [-0.3, -0.25) is 9.78 Å². The second-order valence-corrected chi connectivity index (χ2v) is 2.42. The summed E-state index contributed by atoms with van der Waals surface area (Å²) in [6.07, 6.45) is 10.9. The Balaban J connectivity index is 3.68. The van der Waals surface area contributed by atoms with Gasteiger partial charge in [0, 0.05) is 23.1 Å². The quantitative estimate of drug-likeness (QED) is 0.443. The number of hydrogen-bond donors (Lipinski definition) is 0. The molecule has 0 atom stereocenters. The first-order chi connectivity index (χ1) is 6.33. The standard InChI is InChI=1S/C11H9NO/c1-3-5-11-10(4-2)9(8-13)6-7-12-11/h1,4-8H,2H3/b10-4-,11-5+. The van der Waals surface area contributed by atoms with E-state index in [9.17, 15) is 4.79 Å². The van der Waals surface area contributed by atoms with Gasteiger partial charge in [0.25, 0.3) is 0 Å². The van der Waals surface area contributed by atoms with Gasteiger partial charge in [0.2, 0.25) is 0 Å². The molecule has 0 fully saturated rings. The molecule has 0 bridgehead atoms. The summed E-state index contributed by atoms with van der Waals surface area (Å²) in [6.45, 7) is 1.85. The number of aromatic nitrogens is 1. The molecule has 64 valence electrons. The molecular weight excluding hydrogens is 162 g/mol. The molecule has 1 aromatic rings. The fourth-order valence-electron chi connectivity index (χ4n) is 1.12. The van der Waals surface area contributed by atoms with Crippen LogP contribution in [0.3, 0.4) is 0 Å². The summed E-state index contributed by atoms with van der Waals surface area (Å²) in [4.78, 5) is 14.7. The highest BCUT2D eigenvalue weighted by molar-refractivity contribution is 5.75. The van der Waals surface area contributed by atoms with E-state index in [1.165, 1.54) is 0 Å². The smallest absolute Gasteiger partial charge is 0.150 e. The monoisotopic (exact) mass is 171 g/mol. The number of nitrogens with zero attached hydrogens (tertiary/aromatic N) is 1. The van der Waals surface area contributed by atoms with Crippen molar-refractivity contribution < 1.29 is 4.79 Å². The lowest BCUT2D eigenvalue weighted by Crippen LogP contribution is -2.30. The van der Waals surface area contributed by atoms with Gasteiger partial charge in [0.15, 0.2) is 6.29 Å². The van der Waals surface area contributed by atoms with Crippen LogP contribution >= 0.6 is 0 Å². The minimum atomic E-state index is 0.610. The zero-order chi connectivity index (χ0) is 9.68. The van der Waals surface area contributed by atoms with Crippen molar-refractivity contribution >= 4 is 18.4 Å². The zero-order valence-electron chi connectivity index (χ0n) is 7.32. The van der Waals surface area contributed by atoms with Gasteiger partial charge >= 0.3 is 0 Å². The number of aldehydes is 1. The summed E-state index contributed by atoms with van der Waals surface area (Å²) in [7, 11) is 0. The van der Waals surface area contributed by atoms with Gasteiger partial charge in [-0.25, -0.2) is 0 Å². The van der Waals surface area contributed by atoms with E-state index in [0.717, 1.165) is 11.5 Å². The molecule has 0 aliphatic carbocycles. The fraction of sp³-hybridized carbons (Fsp3) is 0.0909. The number of carbonyl (C=O) groups excluding carboxylic acids is 1. The molecule has 0 radical (unpaired) electrons. The summed E-state index contributed by atoms with van der Waals surface area (Å²) < 4.78 is 0. The average molecular weight is 171 g/mol. The van der Waals surface area contributed by atoms with Gasteiger partial charge in [-0.05, 0) is 13.0 Å². The molecule has 0 saturated heterocycles. The molecule has 0 spiro atoms. The number of rotatable bonds is 1.